The zero-order valence-electron chi connectivity index (χ0n) is 13.7. The second-order valence-electron chi connectivity index (χ2n) is 6.23. The van der Waals surface area contributed by atoms with Gasteiger partial charge in [-0.2, -0.15) is 0 Å². The molecule has 1 amide bonds. The van der Waals surface area contributed by atoms with Crippen LogP contribution in [0.25, 0.3) is 0 Å². The number of aliphatic hydroxyl groups excluding tert-OH is 1. The average Bonchev–Trinajstić information content (AvgIpc) is 2.85. The first kappa shape index (κ1) is 18.5. The lowest BCUT2D eigenvalue weighted by Crippen LogP contribution is -2.53. The summed E-state index contributed by atoms with van der Waals surface area (Å²) in [5.41, 5.74) is -1.56. The maximum absolute atomic E-state index is 13.4. The van der Waals surface area contributed by atoms with Crippen molar-refractivity contribution in [1.29, 1.82) is 0 Å². The summed E-state index contributed by atoms with van der Waals surface area (Å²) in [6.45, 7) is -0.184. The van der Waals surface area contributed by atoms with Gasteiger partial charge >= 0.3 is 0 Å². The molecular formula is C19H17ClFNO4. The molecule has 1 fully saturated rings. The lowest BCUT2D eigenvalue weighted by atomic mass is 9.90. The molecule has 0 spiro atoms. The summed E-state index contributed by atoms with van der Waals surface area (Å²) in [7, 11) is 0. The van der Waals surface area contributed by atoms with Crippen molar-refractivity contribution in [2.75, 3.05) is 11.4 Å². The molecule has 0 unspecified atom stereocenters. The number of β-amino-alcohol motifs (C(OH)–C–C–N with tert-alkyl or cyclic N) is 1. The van der Waals surface area contributed by atoms with E-state index in [2.05, 4.69) is 0 Å². The minimum Gasteiger partial charge on any atom is -0.387 e. The van der Waals surface area contributed by atoms with E-state index < -0.39 is 29.2 Å². The van der Waals surface area contributed by atoms with Gasteiger partial charge in [-0.1, -0.05) is 29.8 Å². The number of aryl methyl sites for hydroxylation is 1. The molecule has 0 saturated carbocycles. The number of aliphatic hydroxyl groups is 2. The number of amides is 1. The number of carbonyl (C=O) groups excluding carboxylic acids is 2. The Bertz CT molecular complexity index is 824. The smallest absolute Gasteiger partial charge is 0.269 e. The summed E-state index contributed by atoms with van der Waals surface area (Å²) < 4.78 is 13.4. The van der Waals surface area contributed by atoms with Gasteiger partial charge in [0.05, 0.1) is 6.54 Å². The van der Waals surface area contributed by atoms with Gasteiger partial charge in [-0.3, -0.25) is 9.59 Å². The van der Waals surface area contributed by atoms with Crippen LogP contribution in [0.4, 0.5) is 10.1 Å². The molecule has 1 aliphatic heterocycles. The van der Waals surface area contributed by atoms with Gasteiger partial charge in [0.15, 0.2) is 5.78 Å². The highest BCUT2D eigenvalue weighted by atomic mass is 35.5. The lowest BCUT2D eigenvalue weighted by Gasteiger charge is -2.22. The highest BCUT2D eigenvalue weighted by Crippen LogP contribution is 2.30. The first-order chi connectivity index (χ1) is 12.3. The summed E-state index contributed by atoms with van der Waals surface area (Å²) in [4.78, 5) is 26.3. The summed E-state index contributed by atoms with van der Waals surface area (Å²) in [5.74, 6) is -2.21. The van der Waals surface area contributed by atoms with Crippen molar-refractivity contribution in [3.63, 3.8) is 0 Å². The van der Waals surface area contributed by atoms with E-state index in [9.17, 15) is 24.2 Å². The molecule has 7 heteroatoms. The maximum atomic E-state index is 13.4. The van der Waals surface area contributed by atoms with E-state index in [1.807, 2.05) is 0 Å². The van der Waals surface area contributed by atoms with Crippen LogP contribution in [0.2, 0.25) is 5.02 Å². The summed E-state index contributed by atoms with van der Waals surface area (Å²) in [5, 5.41) is 21.0. The van der Waals surface area contributed by atoms with Crippen LogP contribution in [0.3, 0.4) is 0 Å². The molecule has 0 radical (unpaired) electrons. The topological polar surface area (TPSA) is 77.8 Å². The maximum Gasteiger partial charge on any atom is 0.269 e. The second-order valence-corrected chi connectivity index (χ2v) is 6.67. The molecule has 0 aliphatic carbocycles. The van der Waals surface area contributed by atoms with E-state index >= 15 is 0 Å². The number of hydrogen-bond acceptors (Lipinski definition) is 4. The minimum atomic E-state index is -2.51. The Morgan fingerprint density at radius 3 is 2.62 bits per heavy atom. The van der Waals surface area contributed by atoms with Gasteiger partial charge in [0, 0.05) is 17.1 Å². The number of ketones is 1. The van der Waals surface area contributed by atoms with Gasteiger partial charge in [-0.25, -0.2) is 4.39 Å². The van der Waals surface area contributed by atoms with Crippen molar-refractivity contribution in [3.05, 3.63) is 64.9 Å². The van der Waals surface area contributed by atoms with Crippen molar-refractivity contribution in [2.45, 2.75) is 24.5 Å². The van der Waals surface area contributed by atoms with Gasteiger partial charge in [-0.15, -0.1) is 0 Å². The van der Waals surface area contributed by atoms with Crippen LogP contribution in [0.15, 0.2) is 48.5 Å². The molecule has 0 bridgehead atoms. The van der Waals surface area contributed by atoms with Crippen LogP contribution in [0, 0.1) is 5.82 Å². The van der Waals surface area contributed by atoms with Gasteiger partial charge in [-0.05, 0) is 42.3 Å². The third-order valence-corrected chi connectivity index (χ3v) is 4.68. The normalized spacial score (nSPS) is 22.7. The molecule has 2 aromatic rings. The minimum absolute atomic E-state index is 0.0873. The Morgan fingerprint density at radius 1 is 1.27 bits per heavy atom. The second kappa shape index (κ2) is 7.15. The van der Waals surface area contributed by atoms with Crippen molar-refractivity contribution in [2.24, 2.45) is 0 Å². The highest BCUT2D eigenvalue weighted by Gasteiger charge is 2.57. The molecule has 3 rings (SSSR count). The number of Topliss-reactive ketones (excluding diaryl/α,β-unsaturated/α-hetero) is 1. The molecule has 2 aromatic carbocycles. The Kier molecular flexibility index (Phi) is 5.09. The predicted molar refractivity (Wildman–Crippen MR) is 94.5 cm³/mol. The van der Waals surface area contributed by atoms with Crippen molar-refractivity contribution in [1.82, 2.24) is 0 Å². The van der Waals surface area contributed by atoms with Gasteiger partial charge in [0.25, 0.3) is 5.91 Å². The molecule has 0 aromatic heterocycles. The molecule has 26 heavy (non-hydrogen) atoms. The predicted octanol–water partition coefficient (Wildman–Crippen LogP) is 2.12. The third-order valence-electron chi connectivity index (χ3n) is 4.47. The number of hydrogen-bond donors (Lipinski definition) is 2. The van der Waals surface area contributed by atoms with E-state index in [0.717, 1.165) is 6.07 Å². The number of para-hydroxylation sites is 1. The third kappa shape index (κ3) is 3.35. The van der Waals surface area contributed by atoms with E-state index in [1.165, 1.54) is 17.0 Å². The number of halogens is 2. The lowest BCUT2D eigenvalue weighted by molar-refractivity contribution is -0.156. The molecule has 1 aliphatic rings. The number of rotatable bonds is 5. The van der Waals surface area contributed by atoms with Gasteiger partial charge < -0.3 is 15.1 Å². The van der Waals surface area contributed by atoms with Crippen LogP contribution in [-0.4, -0.2) is 40.2 Å². The van der Waals surface area contributed by atoms with Crippen LogP contribution < -0.4 is 4.90 Å². The molecule has 1 heterocycles. The SMILES string of the molecule is O=C(CCc1cc(F)cc(Cl)c1)[C@@]1(O)C(=O)N(c2ccccc2)C[C@@H]1O. The molecular weight excluding hydrogens is 361 g/mol. The Morgan fingerprint density at radius 2 is 1.96 bits per heavy atom. The standard InChI is InChI=1S/C19H17ClFNO4/c20-13-8-12(9-14(21)10-13)6-7-16(23)19(26)17(24)11-22(18(19)25)15-4-2-1-3-5-15/h1-5,8-10,17,24,26H,6-7,11H2/t17-,19-/m0/s1. The number of anilines is 1. The van der Waals surface area contributed by atoms with Crippen molar-refractivity contribution < 1.29 is 24.2 Å². The number of benzene rings is 2. The number of carbonyl (C=O) groups is 2. The number of nitrogens with zero attached hydrogens (tertiary/aromatic N) is 1. The molecule has 5 nitrogen and oxygen atoms in total. The van der Waals surface area contributed by atoms with E-state index in [-0.39, 0.29) is 24.4 Å². The van der Waals surface area contributed by atoms with Crippen LogP contribution in [-0.2, 0) is 16.0 Å². The summed E-state index contributed by atoms with van der Waals surface area (Å²) in [6.07, 6.45) is -1.69. The molecule has 2 N–H and O–H groups in total. The Balaban J connectivity index is 1.76. The fourth-order valence-electron chi connectivity index (χ4n) is 3.08. The average molecular weight is 378 g/mol. The first-order valence-corrected chi connectivity index (χ1v) is 8.46. The van der Waals surface area contributed by atoms with Gasteiger partial charge in [0.2, 0.25) is 5.60 Å². The molecule has 136 valence electrons. The van der Waals surface area contributed by atoms with Crippen LogP contribution in [0.1, 0.15) is 12.0 Å². The van der Waals surface area contributed by atoms with E-state index in [4.69, 9.17) is 11.6 Å². The highest BCUT2D eigenvalue weighted by molar-refractivity contribution is 6.30. The fourth-order valence-corrected chi connectivity index (χ4v) is 3.32. The monoisotopic (exact) mass is 377 g/mol. The zero-order chi connectivity index (χ0) is 18.9. The van der Waals surface area contributed by atoms with Crippen LogP contribution >= 0.6 is 11.6 Å². The Labute approximate surface area is 154 Å². The largest absolute Gasteiger partial charge is 0.387 e. The van der Waals surface area contributed by atoms with E-state index in [0.29, 0.717) is 11.3 Å². The quantitative estimate of drug-likeness (QED) is 0.782. The van der Waals surface area contributed by atoms with Gasteiger partial charge in [0.1, 0.15) is 11.9 Å². The summed E-state index contributed by atoms with van der Waals surface area (Å²) >= 11 is 5.78. The molecule has 1 saturated heterocycles. The fraction of sp³-hybridized carbons (Fsp3) is 0.263. The van der Waals surface area contributed by atoms with Crippen molar-refractivity contribution >= 4 is 29.0 Å². The van der Waals surface area contributed by atoms with E-state index in [1.54, 1.807) is 30.3 Å². The zero-order valence-corrected chi connectivity index (χ0v) is 14.5. The van der Waals surface area contributed by atoms with Crippen molar-refractivity contribution in [3.8, 4) is 0 Å². The molecule has 2 atom stereocenters. The Hall–Kier alpha value is -2.28. The first-order valence-electron chi connectivity index (χ1n) is 8.08. The van der Waals surface area contributed by atoms with Crippen LogP contribution in [0.5, 0.6) is 0 Å². The summed E-state index contributed by atoms with van der Waals surface area (Å²) in [6, 6.07) is 12.4.